The summed E-state index contributed by atoms with van der Waals surface area (Å²) < 4.78 is 0. The van der Waals surface area contributed by atoms with E-state index < -0.39 is 5.97 Å². The number of halogens is 2. The predicted octanol–water partition coefficient (Wildman–Crippen LogP) is 3.68. The molecule has 2 unspecified atom stereocenters. The van der Waals surface area contributed by atoms with Crippen molar-refractivity contribution in [2.24, 2.45) is 5.92 Å². The average Bonchev–Trinajstić information content (AvgIpc) is 2.36. The van der Waals surface area contributed by atoms with E-state index >= 15 is 0 Å². The van der Waals surface area contributed by atoms with E-state index in [4.69, 9.17) is 28.3 Å². The normalized spacial score (nSPS) is 24.4. The van der Waals surface area contributed by atoms with Gasteiger partial charge in [-0.2, -0.15) is 0 Å². The van der Waals surface area contributed by atoms with Gasteiger partial charge in [-0.1, -0.05) is 23.2 Å². The summed E-state index contributed by atoms with van der Waals surface area (Å²) in [4.78, 5) is 13.3. The molecule has 1 heterocycles. The molecule has 1 aliphatic rings. The second-order valence-electron chi connectivity index (χ2n) is 5.11. The van der Waals surface area contributed by atoms with Crippen LogP contribution >= 0.6 is 23.2 Å². The Labute approximate surface area is 123 Å². The van der Waals surface area contributed by atoms with E-state index in [-0.39, 0.29) is 12.0 Å². The SMILES string of the molecule is CC1CC(C(=O)O)CCN1Cc1cc(Cl)ccc1Cl. The average molecular weight is 302 g/mol. The Kier molecular flexibility index (Phi) is 4.71. The van der Waals surface area contributed by atoms with Gasteiger partial charge in [-0.15, -0.1) is 0 Å². The highest BCUT2D eigenvalue weighted by Crippen LogP contribution is 2.27. The first-order valence-electron chi connectivity index (χ1n) is 6.38. The summed E-state index contributed by atoms with van der Waals surface area (Å²) in [7, 11) is 0. The van der Waals surface area contributed by atoms with Crippen molar-refractivity contribution in [3.8, 4) is 0 Å². The topological polar surface area (TPSA) is 40.5 Å². The van der Waals surface area contributed by atoms with Crippen LogP contribution in [0.25, 0.3) is 0 Å². The highest BCUT2D eigenvalue weighted by atomic mass is 35.5. The third-order valence-corrected chi connectivity index (χ3v) is 4.35. The molecule has 2 rings (SSSR count). The van der Waals surface area contributed by atoms with Crippen LogP contribution in [0.5, 0.6) is 0 Å². The van der Waals surface area contributed by atoms with Gasteiger partial charge < -0.3 is 5.11 Å². The summed E-state index contributed by atoms with van der Waals surface area (Å²) in [6, 6.07) is 5.69. The first-order valence-corrected chi connectivity index (χ1v) is 7.13. The lowest BCUT2D eigenvalue weighted by atomic mass is 9.91. The molecule has 5 heteroatoms. The van der Waals surface area contributed by atoms with Gasteiger partial charge in [0.05, 0.1) is 5.92 Å². The molecule has 2 atom stereocenters. The van der Waals surface area contributed by atoms with E-state index in [0.717, 1.165) is 12.1 Å². The summed E-state index contributed by atoms with van der Waals surface area (Å²) >= 11 is 12.1. The lowest BCUT2D eigenvalue weighted by Gasteiger charge is -2.36. The Morgan fingerprint density at radius 2 is 2.21 bits per heavy atom. The van der Waals surface area contributed by atoms with Gasteiger partial charge >= 0.3 is 5.97 Å². The monoisotopic (exact) mass is 301 g/mol. The van der Waals surface area contributed by atoms with Crippen molar-refractivity contribution in [1.82, 2.24) is 4.90 Å². The van der Waals surface area contributed by atoms with Gasteiger partial charge in [0.15, 0.2) is 0 Å². The van der Waals surface area contributed by atoms with Gasteiger partial charge in [-0.25, -0.2) is 0 Å². The number of benzene rings is 1. The number of carbonyl (C=O) groups is 1. The minimum absolute atomic E-state index is 0.221. The molecule has 1 saturated heterocycles. The molecule has 3 nitrogen and oxygen atoms in total. The maximum Gasteiger partial charge on any atom is 0.306 e. The number of rotatable bonds is 3. The van der Waals surface area contributed by atoms with Crippen LogP contribution in [-0.2, 0) is 11.3 Å². The molecule has 104 valence electrons. The molecule has 0 aliphatic carbocycles. The first kappa shape index (κ1) is 14.6. The summed E-state index contributed by atoms with van der Waals surface area (Å²) in [5.41, 5.74) is 0.995. The van der Waals surface area contributed by atoms with Crippen LogP contribution in [0.15, 0.2) is 18.2 Å². The maximum absolute atomic E-state index is 11.0. The maximum atomic E-state index is 11.0. The van der Waals surface area contributed by atoms with Crippen molar-refractivity contribution in [3.05, 3.63) is 33.8 Å². The molecule has 1 N–H and O–H groups in total. The van der Waals surface area contributed by atoms with E-state index in [0.29, 0.717) is 29.4 Å². The molecule has 1 fully saturated rings. The standard InChI is InChI=1S/C14H17Cl2NO2/c1-9-6-10(14(18)19)4-5-17(9)8-11-7-12(15)2-3-13(11)16/h2-3,7,9-10H,4-6,8H2,1H3,(H,18,19). The van der Waals surface area contributed by atoms with E-state index in [1.807, 2.05) is 6.07 Å². The highest BCUT2D eigenvalue weighted by molar-refractivity contribution is 6.33. The van der Waals surface area contributed by atoms with Crippen LogP contribution in [0.2, 0.25) is 10.0 Å². The molecule has 0 spiro atoms. The fourth-order valence-corrected chi connectivity index (χ4v) is 2.94. The number of carboxylic acids is 1. The van der Waals surface area contributed by atoms with Crippen molar-refractivity contribution in [2.45, 2.75) is 32.4 Å². The second kappa shape index (κ2) is 6.12. The van der Waals surface area contributed by atoms with Crippen molar-refractivity contribution in [3.63, 3.8) is 0 Å². The molecule has 1 aromatic rings. The summed E-state index contributed by atoms with van der Waals surface area (Å²) in [6.07, 6.45) is 1.38. The van der Waals surface area contributed by atoms with Gasteiger partial charge in [-0.05, 0) is 50.1 Å². The van der Waals surface area contributed by atoms with Gasteiger partial charge in [0, 0.05) is 22.6 Å². The smallest absolute Gasteiger partial charge is 0.306 e. The van der Waals surface area contributed by atoms with E-state index in [9.17, 15) is 4.79 Å². The van der Waals surface area contributed by atoms with Crippen LogP contribution in [0.1, 0.15) is 25.3 Å². The lowest BCUT2D eigenvalue weighted by molar-refractivity contribution is -0.144. The number of nitrogens with zero attached hydrogens (tertiary/aromatic N) is 1. The molecule has 19 heavy (non-hydrogen) atoms. The minimum atomic E-state index is -0.688. The summed E-state index contributed by atoms with van der Waals surface area (Å²) in [6.45, 7) is 3.56. The van der Waals surface area contributed by atoms with Crippen LogP contribution in [0, 0.1) is 5.92 Å². The lowest BCUT2D eigenvalue weighted by Crippen LogP contribution is -2.42. The van der Waals surface area contributed by atoms with E-state index in [1.165, 1.54) is 0 Å². The highest BCUT2D eigenvalue weighted by Gasteiger charge is 2.29. The predicted molar refractivity (Wildman–Crippen MR) is 76.7 cm³/mol. The van der Waals surface area contributed by atoms with Crippen molar-refractivity contribution >= 4 is 29.2 Å². The number of aliphatic carboxylic acids is 1. The van der Waals surface area contributed by atoms with Crippen molar-refractivity contribution < 1.29 is 9.90 Å². The fraction of sp³-hybridized carbons (Fsp3) is 0.500. The van der Waals surface area contributed by atoms with E-state index in [2.05, 4.69) is 11.8 Å². The van der Waals surface area contributed by atoms with Crippen LogP contribution in [-0.4, -0.2) is 28.6 Å². The van der Waals surface area contributed by atoms with Crippen molar-refractivity contribution in [1.29, 1.82) is 0 Å². The molecule has 0 saturated carbocycles. The molecule has 0 aromatic heterocycles. The summed E-state index contributed by atoms with van der Waals surface area (Å²) in [5.74, 6) is -0.909. The third-order valence-electron chi connectivity index (χ3n) is 3.74. The Hall–Kier alpha value is -0.770. The number of piperidine rings is 1. The Balaban J connectivity index is 2.04. The largest absolute Gasteiger partial charge is 0.481 e. The number of hydrogen-bond acceptors (Lipinski definition) is 2. The molecule has 0 radical (unpaired) electrons. The summed E-state index contributed by atoms with van der Waals surface area (Å²) in [5, 5.41) is 10.4. The van der Waals surface area contributed by atoms with Crippen LogP contribution in [0.4, 0.5) is 0 Å². The molecule has 0 amide bonds. The quantitative estimate of drug-likeness (QED) is 0.926. The Morgan fingerprint density at radius 3 is 2.84 bits per heavy atom. The van der Waals surface area contributed by atoms with Crippen LogP contribution < -0.4 is 0 Å². The van der Waals surface area contributed by atoms with Crippen LogP contribution in [0.3, 0.4) is 0 Å². The van der Waals surface area contributed by atoms with Gasteiger partial charge in [-0.3, -0.25) is 9.69 Å². The Morgan fingerprint density at radius 1 is 1.47 bits per heavy atom. The zero-order chi connectivity index (χ0) is 14.0. The van der Waals surface area contributed by atoms with Gasteiger partial charge in [0.25, 0.3) is 0 Å². The zero-order valence-electron chi connectivity index (χ0n) is 10.8. The second-order valence-corrected chi connectivity index (χ2v) is 5.96. The molecular weight excluding hydrogens is 285 g/mol. The number of likely N-dealkylation sites (tertiary alicyclic amines) is 1. The van der Waals surface area contributed by atoms with Crippen molar-refractivity contribution in [2.75, 3.05) is 6.54 Å². The van der Waals surface area contributed by atoms with Gasteiger partial charge in [0.1, 0.15) is 0 Å². The number of carboxylic acid groups (broad SMARTS) is 1. The van der Waals surface area contributed by atoms with E-state index in [1.54, 1.807) is 12.1 Å². The Bertz CT molecular complexity index is 479. The first-order chi connectivity index (χ1) is 8.97. The number of hydrogen-bond donors (Lipinski definition) is 1. The molecule has 1 aromatic carbocycles. The fourth-order valence-electron chi connectivity index (χ4n) is 2.56. The molecular formula is C14H17Cl2NO2. The minimum Gasteiger partial charge on any atom is -0.481 e. The zero-order valence-corrected chi connectivity index (χ0v) is 12.3. The molecule has 0 bridgehead atoms. The third kappa shape index (κ3) is 3.62. The molecule has 1 aliphatic heterocycles. The van der Waals surface area contributed by atoms with Gasteiger partial charge in [0.2, 0.25) is 0 Å².